The van der Waals surface area contributed by atoms with Crippen LogP contribution >= 0.6 is 0 Å². The Balaban J connectivity index is 2.08. The molecule has 0 aliphatic rings. The van der Waals surface area contributed by atoms with Gasteiger partial charge >= 0.3 is 0 Å². The summed E-state index contributed by atoms with van der Waals surface area (Å²) in [6, 6.07) is 13.2. The third kappa shape index (κ3) is 2.86. The summed E-state index contributed by atoms with van der Waals surface area (Å²) >= 11 is 0. The van der Waals surface area contributed by atoms with Gasteiger partial charge in [0.15, 0.2) is 11.6 Å². The quantitative estimate of drug-likeness (QED) is 0.888. The maximum Gasteiger partial charge on any atom is 0.165 e. The maximum absolute atomic E-state index is 13.4. The lowest BCUT2D eigenvalue weighted by molar-refractivity contribution is 0.551. The fourth-order valence-corrected chi connectivity index (χ4v) is 1.81. The lowest BCUT2D eigenvalue weighted by Gasteiger charge is -2.26. The monoisotopic (exact) mass is 244 g/mol. The molecule has 0 aliphatic carbocycles. The lowest BCUT2D eigenvalue weighted by Crippen LogP contribution is -2.28. The molecule has 0 saturated heterocycles. The third-order valence-electron chi connectivity index (χ3n) is 3.01. The van der Waals surface area contributed by atoms with Crippen LogP contribution in [-0.2, 0) is 5.41 Å². The fourth-order valence-electron chi connectivity index (χ4n) is 1.81. The van der Waals surface area contributed by atoms with E-state index in [0.29, 0.717) is 12.4 Å². The molecule has 2 rings (SSSR count). The van der Waals surface area contributed by atoms with Crippen molar-refractivity contribution in [1.82, 2.24) is 4.98 Å². The Labute approximate surface area is 107 Å². The standard InChI is InChI=1S/C15H17FN2/c1-15(2,12-7-4-3-5-8-12)11-18-14-13(16)9-6-10-17-14/h3-10H,11H2,1-2H3,(H,17,18). The van der Waals surface area contributed by atoms with Crippen LogP contribution in [0.3, 0.4) is 0 Å². The maximum atomic E-state index is 13.4. The first kappa shape index (κ1) is 12.6. The Kier molecular flexibility index (Phi) is 3.60. The minimum atomic E-state index is -0.318. The van der Waals surface area contributed by atoms with Crippen LogP contribution in [0.1, 0.15) is 19.4 Å². The van der Waals surface area contributed by atoms with Crippen LogP contribution in [0.2, 0.25) is 0 Å². The van der Waals surface area contributed by atoms with Crippen LogP contribution in [0.15, 0.2) is 48.7 Å². The summed E-state index contributed by atoms with van der Waals surface area (Å²) in [7, 11) is 0. The van der Waals surface area contributed by atoms with Gasteiger partial charge in [-0.05, 0) is 17.7 Å². The molecule has 1 aromatic carbocycles. The highest BCUT2D eigenvalue weighted by Crippen LogP contribution is 2.23. The number of halogens is 1. The largest absolute Gasteiger partial charge is 0.367 e. The summed E-state index contributed by atoms with van der Waals surface area (Å²) in [5.41, 5.74) is 1.14. The zero-order valence-electron chi connectivity index (χ0n) is 10.7. The molecule has 3 heteroatoms. The first-order valence-corrected chi connectivity index (χ1v) is 5.99. The molecule has 0 spiro atoms. The Hall–Kier alpha value is -1.90. The molecule has 18 heavy (non-hydrogen) atoms. The van der Waals surface area contributed by atoms with E-state index in [1.807, 2.05) is 18.2 Å². The van der Waals surface area contributed by atoms with Gasteiger partial charge in [-0.2, -0.15) is 0 Å². The van der Waals surface area contributed by atoms with Gasteiger partial charge in [0.25, 0.3) is 0 Å². The van der Waals surface area contributed by atoms with Gasteiger partial charge in [-0.15, -0.1) is 0 Å². The van der Waals surface area contributed by atoms with E-state index in [4.69, 9.17) is 0 Å². The number of rotatable bonds is 4. The van der Waals surface area contributed by atoms with Gasteiger partial charge in [0.2, 0.25) is 0 Å². The Morgan fingerprint density at radius 3 is 2.50 bits per heavy atom. The average molecular weight is 244 g/mol. The number of nitrogens with zero attached hydrogens (tertiary/aromatic N) is 1. The van der Waals surface area contributed by atoms with Gasteiger partial charge in [0.05, 0.1) is 0 Å². The van der Waals surface area contributed by atoms with Crippen molar-refractivity contribution in [3.63, 3.8) is 0 Å². The Morgan fingerprint density at radius 2 is 1.83 bits per heavy atom. The fraction of sp³-hybridized carbons (Fsp3) is 0.267. The molecule has 0 atom stereocenters. The molecular formula is C15H17FN2. The topological polar surface area (TPSA) is 24.9 Å². The predicted octanol–water partition coefficient (Wildman–Crippen LogP) is 3.61. The molecule has 0 unspecified atom stereocenters. The van der Waals surface area contributed by atoms with E-state index in [0.717, 1.165) is 0 Å². The van der Waals surface area contributed by atoms with Gasteiger partial charge in [-0.3, -0.25) is 0 Å². The second-order valence-corrected chi connectivity index (χ2v) is 4.94. The normalized spacial score (nSPS) is 11.3. The zero-order valence-corrected chi connectivity index (χ0v) is 10.7. The van der Waals surface area contributed by atoms with Crippen LogP contribution in [0.5, 0.6) is 0 Å². The van der Waals surface area contributed by atoms with Crippen molar-refractivity contribution in [2.24, 2.45) is 0 Å². The summed E-state index contributed by atoms with van der Waals surface area (Å²) in [6.07, 6.45) is 1.58. The van der Waals surface area contributed by atoms with E-state index in [1.54, 1.807) is 12.3 Å². The highest BCUT2D eigenvalue weighted by atomic mass is 19.1. The van der Waals surface area contributed by atoms with Crippen molar-refractivity contribution in [2.75, 3.05) is 11.9 Å². The number of pyridine rings is 1. The summed E-state index contributed by atoms with van der Waals surface area (Å²) in [6.45, 7) is 4.87. The molecular weight excluding hydrogens is 227 g/mol. The average Bonchev–Trinajstić information content (AvgIpc) is 2.39. The number of anilines is 1. The van der Waals surface area contributed by atoms with E-state index in [9.17, 15) is 4.39 Å². The van der Waals surface area contributed by atoms with Crippen molar-refractivity contribution >= 4 is 5.82 Å². The zero-order chi connectivity index (χ0) is 13.0. The summed E-state index contributed by atoms with van der Waals surface area (Å²) < 4.78 is 13.4. The molecule has 1 N–H and O–H groups in total. The smallest absolute Gasteiger partial charge is 0.165 e. The molecule has 2 nitrogen and oxygen atoms in total. The molecule has 1 heterocycles. The van der Waals surface area contributed by atoms with E-state index >= 15 is 0 Å². The molecule has 2 aromatic rings. The molecule has 94 valence electrons. The van der Waals surface area contributed by atoms with Crippen LogP contribution in [-0.4, -0.2) is 11.5 Å². The number of nitrogens with one attached hydrogen (secondary N) is 1. The van der Waals surface area contributed by atoms with E-state index in [1.165, 1.54) is 11.6 Å². The van der Waals surface area contributed by atoms with Crippen molar-refractivity contribution in [2.45, 2.75) is 19.3 Å². The second-order valence-electron chi connectivity index (χ2n) is 4.94. The van der Waals surface area contributed by atoms with Crippen molar-refractivity contribution in [1.29, 1.82) is 0 Å². The molecule has 0 saturated carbocycles. The molecule has 1 aromatic heterocycles. The highest BCUT2D eigenvalue weighted by molar-refractivity contribution is 5.37. The second kappa shape index (κ2) is 5.17. The van der Waals surface area contributed by atoms with Crippen LogP contribution in [0.25, 0.3) is 0 Å². The molecule has 0 fully saturated rings. The first-order valence-electron chi connectivity index (χ1n) is 5.99. The van der Waals surface area contributed by atoms with E-state index < -0.39 is 0 Å². The van der Waals surface area contributed by atoms with Gasteiger partial charge in [-0.25, -0.2) is 9.37 Å². The lowest BCUT2D eigenvalue weighted by atomic mass is 9.84. The van der Waals surface area contributed by atoms with Crippen molar-refractivity contribution in [3.8, 4) is 0 Å². The first-order chi connectivity index (χ1) is 8.59. The predicted molar refractivity (Wildman–Crippen MR) is 72.2 cm³/mol. The molecule has 0 amide bonds. The van der Waals surface area contributed by atoms with E-state index in [2.05, 4.69) is 36.3 Å². The Bertz CT molecular complexity index is 509. The van der Waals surface area contributed by atoms with Crippen molar-refractivity contribution < 1.29 is 4.39 Å². The number of hydrogen-bond acceptors (Lipinski definition) is 2. The van der Waals surface area contributed by atoms with Gasteiger partial charge in [-0.1, -0.05) is 44.2 Å². The number of aromatic nitrogens is 1. The number of benzene rings is 1. The minimum Gasteiger partial charge on any atom is -0.367 e. The van der Waals surface area contributed by atoms with Crippen LogP contribution in [0, 0.1) is 5.82 Å². The molecule has 0 radical (unpaired) electrons. The third-order valence-corrected chi connectivity index (χ3v) is 3.01. The summed E-state index contributed by atoms with van der Waals surface area (Å²) in [5.74, 6) is -0.0112. The Morgan fingerprint density at radius 1 is 1.11 bits per heavy atom. The minimum absolute atomic E-state index is 0.0782. The van der Waals surface area contributed by atoms with Crippen LogP contribution in [0.4, 0.5) is 10.2 Å². The summed E-state index contributed by atoms with van der Waals surface area (Å²) in [5, 5.41) is 3.07. The number of hydrogen-bond donors (Lipinski definition) is 1. The van der Waals surface area contributed by atoms with Gasteiger partial charge < -0.3 is 5.32 Å². The van der Waals surface area contributed by atoms with Gasteiger partial charge in [0, 0.05) is 18.2 Å². The molecule has 0 aliphatic heterocycles. The van der Waals surface area contributed by atoms with Gasteiger partial charge in [0.1, 0.15) is 0 Å². The highest BCUT2D eigenvalue weighted by Gasteiger charge is 2.20. The van der Waals surface area contributed by atoms with E-state index in [-0.39, 0.29) is 11.2 Å². The van der Waals surface area contributed by atoms with Crippen molar-refractivity contribution in [3.05, 3.63) is 60.0 Å². The molecule has 0 bridgehead atoms. The summed E-state index contributed by atoms with van der Waals surface area (Å²) in [4.78, 5) is 3.99. The SMILES string of the molecule is CC(C)(CNc1ncccc1F)c1ccccc1. The van der Waals surface area contributed by atoms with Crippen LogP contribution < -0.4 is 5.32 Å².